The minimum absolute atomic E-state index is 0.130. The van der Waals surface area contributed by atoms with E-state index in [-0.39, 0.29) is 36.0 Å². The number of carbonyl (C=O) groups is 3. The van der Waals surface area contributed by atoms with Gasteiger partial charge in [0.1, 0.15) is 5.58 Å². The van der Waals surface area contributed by atoms with Crippen LogP contribution in [0.2, 0.25) is 0 Å². The number of benzene rings is 2. The third-order valence-electron chi connectivity index (χ3n) is 5.13. The van der Waals surface area contributed by atoms with Crippen molar-refractivity contribution in [3.8, 4) is 11.6 Å². The summed E-state index contributed by atoms with van der Waals surface area (Å²) in [6.07, 6.45) is 0.640. The number of hydrogen-bond acceptors (Lipinski definition) is 6. The molecule has 1 aliphatic rings. The van der Waals surface area contributed by atoms with Crippen molar-refractivity contribution in [2.45, 2.75) is 12.8 Å². The van der Waals surface area contributed by atoms with Crippen LogP contribution in [0.15, 0.2) is 59.0 Å². The number of nitrogens with one attached hydrogen (secondary N) is 3. The van der Waals surface area contributed by atoms with Crippen LogP contribution in [0.25, 0.3) is 22.6 Å². The van der Waals surface area contributed by atoms with Crippen molar-refractivity contribution < 1.29 is 18.8 Å². The minimum atomic E-state index is -0.365. The molecule has 0 aliphatic carbocycles. The van der Waals surface area contributed by atoms with Gasteiger partial charge < -0.3 is 4.42 Å². The molecular weight excluding hydrogens is 398 g/mol. The van der Waals surface area contributed by atoms with Gasteiger partial charge in [-0.15, -0.1) is 5.10 Å². The molecule has 1 unspecified atom stereocenters. The summed E-state index contributed by atoms with van der Waals surface area (Å²) < 4.78 is 5.74. The van der Waals surface area contributed by atoms with Crippen LogP contribution in [0.5, 0.6) is 0 Å². The van der Waals surface area contributed by atoms with E-state index in [1.165, 1.54) is 0 Å². The van der Waals surface area contributed by atoms with Crippen LogP contribution in [0, 0.1) is 5.92 Å². The minimum Gasteiger partial charge on any atom is -0.453 e. The number of aromatic amines is 1. The van der Waals surface area contributed by atoms with Gasteiger partial charge in [-0.2, -0.15) is 4.98 Å². The quantitative estimate of drug-likeness (QED) is 0.430. The third-order valence-corrected chi connectivity index (χ3v) is 5.13. The summed E-state index contributed by atoms with van der Waals surface area (Å²) in [6, 6.07) is 16.3. The van der Waals surface area contributed by atoms with Gasteiger partial charge in [0.05, 0.1) is 5.92 Å². The van der Waals surface area contributed by atoms with Crippen LogP contribution < -0.4 is 10.6 Å². The third kappa shape index (κ3) is 3.80. The number of hydrogen-bond donors (Lipinski definition) is 3. The van der Waals surface area contributed by atoms with Crippen LogP contribution in [0.4, 0.5) is 5.95 Å². The molecule has 1 fully saturated rings. The summed E-state index contributed by atoms with van der Waals surface area (Å²) in [5.74, 6) is -0.173. The molecule has 9 heteroatoms. The Kier molecular flexibility index (Phi) is 4.55. The Bertz CT molecular complexity index is 1270. The number of furan rings is 1. The first-order valence-electron chi connectivity index (χ1n) is 9.70. The maximum Gasteiger partial charge on any atom is 0.258 e. The molecular formula is C22H17N5O4. The lowest BCUT2D eigenvalue weighted by Crippen LogP contribution is -2.22. The second-order valence-corrected chi connectivity index (χ2v) is 7.32. The second-order valence-electron chi connectivity index (χ2n) is 7.32. The van der Waals surface area contributed by atoms with Gasteiger partial charge in [-0.05, 0) is 36.2 Å². The number of rotatable bonds is 5. The van der Waals surface area contributed by atoms with Crippen molar-refractivity contribution in [2.24, 2.45) is 5.92 Å². The van der Waals surface area contributed by atoms with Gasteiger partial charge in [0.15, 0.2) is 11.6 Å². The topological polar surface area (TPSA) is 130 Å². The van der Waals surface area contributed by atoms with E-state index in [4.69, 9.17) is 4.42 Å². The molecule has 1 saturated heterocycles. The number of nitrogens with zero attached hydrogens (tertiary/aromatic N) is 2. The lowest BCUT2D eigenvalue weighted by molar-refractivity contribution is -0.125. The monoisotopic (exact) mass is 415 g/mol. The van der Waals surface area contributed by atoms with E-state index < -0.39 is 0 Å². The Morgan fingerprint density at radius 3 is 2.68 bits per heavy atom. The summed E-state index contributed by atoms with van der Waals surface area (Å²) >= 11 is 0. The van der Waals surface area contributed by atoms with Crippen molar-refractivity contribution >= 4 is 34.6 Å². The van der Waals surface area contributed by atoms with Crippen LogP contribution in [-0.2, 0) is 16.0 Å². The molecule has 0 radical (unpaired) electrons. The van der Waals surface area contributed by atoms with Gasteiger partial charge >= 0.3 is 0 Å². The van der Waals surface area contributed by atoms with E-state index in [0.717, 1.165) is 16.5 Å². The molecule has 31 heavy (non-hydrogen) atoms. The number of H-pyrrole nitrogens is 1. The molecule has 2 aromatic heterocycles. The number of anilines is 1. The fourth-order valence-corrected chi connectivity index (χ4v) is 3.55. The number of amides is 3. The molecule has 9 nitrogen and oxygen atoms in total. The van der Waals surface area contributed by atoms with Crippen molar-refractivity contribution in [2.75, 3.05) is 5.32 Å². The summed E-state index contributed by atoms with van der Waals surface area (Å²) in [5, 5.41) is 12.7. The SMILES string of the molecule is O=C1CC(Cc2ccc(C(=O)Nc3n[nH]c(-c4cc5ccccc5o4)n3)cc2)C(=O)N1. The largest absolute Gasteiger partial charge is 0.453 e. The molecule has 0 saturated carbocycles. The highest BCUT2D eigenvalue weighted by atomic mass is 16.3. The van der Waals surface area contributed by atoms with Crippen molar-refractivity contribution in [3.63, 3.8) is 0 Å². The van der Waals surface area contributed by atoms with E-state index in [9.17, 15) is 14.4 Å². The number of imide groups is 1. The lowest BCUT2D eigenvalue weighted by atomic mass is 9.97. The molecule has 0 spiro atoms. The highest BCUT2D eigenvalue weighted by molar-refractivity contribution is 6.04. The first-order valence-corrected chi connectivity index (χ1v) is 9.70. The molecule has 3 N–H and O–H groups in total. The molecule has 1 atom stereocenters. The first-order chi connectivity index (χ1) is 15.0. The molecule has 1 aliphatic heterocycles. The summed E-state index contributed by atoms with van der Waals surface area (Å²) in [7, 11) is 0. The van der Waals surface area contributed by atoms with Crippen molar-refractivity contribution in [3.05, 3.63) is 65.7 Å². The number of aromatic nitrogens is 3. The van der Waals surface area contributed by atoms with Gasteiger partial charge in [-0.3, -0.25) is 30.1 Å². The Labute approximate surface area is 175 Å². The number of para-hydroxylation sites is 1. The zero-order valence-electron chi connectivity index (χ0n) is 16.2. The van der Waals surface area contributed by atoms with E-state index >= 15 is 0 Å². The molecule has 5 rings (SSSR count). The second kappa shape index (κ2) is 7.52. The van der Waals surface area contributed by atoms with Gasteiger partial charge in [-0.25, -0.2) is 0 Å². The van der Waals surface area contributed by atoms with Crippen molar-refractivity contribution in [1.29, 1.82) is 0 Å². The zero-order chi connectivity index (χ0) is 21.4. The first kappa shape index (κ1) is 18.7. The predicted octanol–water partition coefficient (Wildman–Crippen LogP) is 2.68. The van der Waals surface area contributed by atoms with E-state index in [0.29, 0.717) is 23.6 Å². The Balaban J connectivity index is 1.25. The fourth-order valence-electron chi connectivity index (χ4n) is 3.55. The fraction of sp³-hybridized carbons (Fsp3) is 0.136. The smallest absolute Gasteiger partial charge is 0.258 e. The zero-order valence-corrected chi connectivity index (χ0v) is 16.2. The summed E-state index contributed by atoms with van der Waals surface area (Å²) in [5.41, 5.74) is 2.03. The Morgan fingerprint density at radius 2 is 1.94 bits per heavy atom. The Morgan fingerprint density at radius 1 is 1.13 bits per heavy atom. The van der Waals surface area contributed by atoms with Gasteiger partial charge in [0, 0.05) is 17.4 Å². The number of fused-ring (bicyclic) bond motifs is 1. The van der Waals surface area contributed by atoms with Crippen LogP contribution >= 0.6 is 0 Å². The molecule has 3 heterocycles. The van der Waals surface area contributed by atoms with Crippen LogP contribution in [0.3, 0.4) is 0 Å². The van der Waals surface area contributed by atoms with E-state index in [2.05, 4.69) is 25.8 Å². The molecule has 2 aromatic carbocycles. The molecule has 4 aromatic rings. The van der Waals surface area contributed by atoms with Crippen LogP contribution in [0.1, 0.15) is 22.3 Å². The maximum atomic E-state index is 12.5. The summed E-state index contributed by atoms with van der Waals surface area (Å²) in [4.78, 5) is 39.8. The number of carbonyl (C=O) groups excluding carboxylic acids is 3. The normalized spacial score (nSPS) is 15.9. The average Bonchev–Trinajstić information content (AvgIpc) is 3.47. The van der Waals surface area contributed by atoms with Crippen molar-refractivity contribution in [1.82, 2.24) is 20.5 Å². The van der Waals surface area contributed by atoms with Crippen LogP contribution in [-0.4, -0.2) is 32.9 Å². The highest BCUT2D eigenvalue weighted by Crippen LogP contribution is 2.25. The molecule has 0 bridgehead atoms. The van der Waals surface area contributed by atoms with Gasteiger partial charge in [0.2, 0.25) is 17.8 Å². The highest BCUT2D eigenvalue weighted by Gasteiger charge is 2.30. The Hall–Kier alpha value is -4.27. The average molecular weight is 415 g/mol. The van der Waals surface area contributed by atoms with E-state index in [1.54, 1.807) is 24.3 Å². The maximum absolute atomic E-state index is 12.5. The molecule has 3 amide bonds. The van der Waals surface area contributed by atoms with E-state index in [1.807, 2.05) is 30.3 Å². The lowest BCUT2D eigenvalue weighted by Gasteiger charge is -2.07. The van der Waals surface area contributed by atoms with Gasteiger partial charge in [0.25, 0.3) is 5.91 Å². The predicted molar refractivity (Wildman–Crippen MR) is 111 cm³/mol. The summed E-state index contributed by atoms with van der Waals surface area (Å²) in [6.45, 7) is 0. The van der Waals surface area contributed by atoms with Gasteiger partial charge in [-0.1, -0.05) is 30.3 Å². The molecule has 154 valence electrons. The standard InChI is InChI=1S/C22H17N5O4/c28-18-11-15(21(30)23-18)9-12-5-7-13(8-6-12)20(29)25-22-24-19(26-27-22)17-10-14-3-1-2-4-16(14)31-17/h1-8,10,15H,9,11H2,(H,23,28,30)(H2,24,25,26,27,29).